The van der Waals surface area contributed by atoms with Crippen LogP contribution in [0, 0.1) is 0 Å². The monoisotopic (exact) mass is 313 g/mol. The summed E-state index contributed by atoms with van der Waals surface area (Å²) in [4.78, 5) is 34.9. The Kier molecular flexibility index (Phi) is 3.80. The number of aromatic amines is 1. The van der Waals surface area contributed by atoms with E-state index in [1.54, 1.807) is 6.07 Å². The minimum absolute atomic E-state index is 0.0937. The number of benzene rings is 1. The first-order valence-electron chi connectivity index (χ1n) is 7.07. The largest absolute Gasteiger partial charge is 0.435 e. The highest BCUT2D eigenvalue weighted by atomic mass is 16.3. The molecule has 0 saturated heterocycles. The van der Waals surface area contributed by atoms with E-state index in [9.17, 15) is 9.59 Å². The number of aliphatic imine (C=N–C) groups is 1. The standard InChI is InChI=1S/C15H15N5O3/c1-3-16-13-12(14(21)20(2)15(22)19-13)17-8-11-18-9-6-4-5-7-10(9)23-11/h4-8,16H,3H2,1-2H3,(H,19,22). The van der Waals surface area contributed by atoms with Crippen molar-refractivity contribution in [3.05, 3.63) is 51.0 Å². The van der Waals surface area contributed by atoms with Gasteiger partial charge in [0.15, 0.2) is 11.3 Å². The van der Waals surface area contributed by atoms with Gasteiger partial charge in [0.25, 0.3) is 5.56 Å². The van der Waals surface area contributed by atoms with Crippen LogP contribution in [0.2, 0.25) is 0 Å². The number of fused-ring (bicyclic) bond motifs is 1. The van der Waals surface area contributed by atoms with Crippen molar-refractivity contribution in [1.29, 1.82) is 0 Å². The number of hydrogen-bond acceptors (Lipinski definition) is 6. The Hall–Kier alpha value is -3.16. The minimum atomic E-state index is -0.508. The van der Waals surface area contributed by atoms with Crippen molar-refractivity contribution >= 4 is 28.8 Å². The maximum absolute atomic E-state index is 12.2. The zero-order chi connectivity index (χ0) is 16.4. The molecular formula is C15H15N5O3. The molecule has 0 fully saturated rings. The van der Waals surface area contributed by atoms with E-state index in [1.165, 1.54) is 13.3 Å². The number of aromatic nitrogens is 3. The van der Waals surface area contributed by atoms with Crippen molar-refractivity contribution in [2.75, 3.05) is 11.9 Å². The van der Waals surface area contributed by atoms with E-state index < -0.39 is 11.2 Å². The Balaban J connectivity index is 2.06. The summed E-state index contributed by atoms with van der Waals surface area (Å²) in [6.45, 7) is 2.39. The Bertz CT molecular complexity index is 963. The third-order valence-corrected chi connectivity index (χ3v) is 3.25. The zero-order valence-electron chi connectivity index (χ0n) is 12.7. The number of anilines is 1. The fourth-order valence-corrected chi connectivity index (χ4v) is 2.10. The number of H-pyrrole nitrogens is 1. The van der Waals surface area contributed by atoms with Crippen LogP contribution in [0.1, 0.15) is 12.8 Å². The van der Waals surface area contributed by atoms with E-state index in [0.29, 0.717) is 17.6 Å². The van der Waals surface area contributed by atoms with Crippen molar-refractivity contribution in [1.82, 2.24) is 14.5 Å². The first kappa shape index (κ1) is 14.8. The molecule has 23 heavy (non-hydrogen) atoms. The summed E-state index contributed by atoms with van der Waals surface area (Å²) in [6, 6.07) is 7.31. The van der Waals surface area contributed by atoms with Crippen LogP contribution in [-0.2, 0) is 7.05 Å². The molecule has 0 aliphatic heterocycles. The number of para-hydroxylation sites is 2. The van der Waals surface area contributed by atoms with E-state index in [4.69, 9.17) is 4.42 Å². The van der Waals surface area contributed by atoms with E-state index in [2.05, 4.69) is 20.3 Å². The molecule has 0 saturated carbocycles. The van der Waals surface area contributed by atoms with Gasteiger partial charge in [-0.15, -0.1) is 0 Å². The predicted octanol–water partition coefficient (Wildman–Crippen LogP) is 1.40. The maximum atomic E-state index is 12.2. The average molecular weight is 313 g/mol. The van der Waals surface area contributed by atoms with Crippen molar-refractivity contribution < 1.29 is 4.42 Å². The maximum Gasteiger partial charge on any atom is 0.329 e. The Labute approximate surface area is 130 Å². The molecule has 0 bridgehead atoms. The van der Waals surface area contributed by atoms with E-state index in [-0.39, 0.29) is 17.4 Å². The smallest absolute Gasteiger partial charge is 0.329 e. The zero-order valence-corrected chi connectivity index (χ0v) is 12.7. The van der Waals surface area contributed by atoms with Crippen LogP contribution in [0.4, 0.5) is 11.5 Å². The van der Waals surface area contributed by atoms with Crippen molar-refractivity contribution in [2.24, 2.45) is 12.0 Å². The first-order chi connectivity index (χ1) is 11.1. The molecular weight excluding hydrogens is 298 g/mol. The van der Waals surface area contributed by atoms with Gasteiger partial charge < -0.3 is 9.73 Å². The van der Waals surface area contributed by atoms with Gasteiger partial charge in [0, 0.05) is 13.6 Å². The highest BCUT2D eigenvalue weighted by molar-refractivity contribution is 5.83. The fraction of sp³-hybridized carbons (Fsp3) is 0.200. The average Bonchev–Trinajstić information content (AvgIpc) is 2.95. The van der Waals surface area contributed by atoms with Crippen LogP contribution < -0.4 is 16.6 Å². The van der Waals surface area contributed by atoms with Gasteiger partial charge in [-0.25, -0.2) is 14.8 Å². The molecule has 118 valence electrons. The summed E-state index contributed by atoms with van der Waals surface area (Å²) in [5.74, 6) is 0.551. The summed E-state index contributed by atoms with van der Waals surface area (Å²) in [5, 5.41) is 2.91. The number of rotatable bonds is 4. The summed E-state index contributed by atoms with van der Waals surface area (Å²) >= 11 is 0. The van der Waals surface area contributed by atoms with Gasteiger partial charge in [-0.3, -0.25) is 14.3 Å². The van der Waals surface area contributed by atoms with Gasteiger partial charge >= 0.3 is 5.69 Å². The van der Waals surface area contributed by atoms with Crippen LogP contribution in [0.25, 0.3) is 11.1 Å². The summed E-state index contributed by atoms with van der Waals surface area (Å²) in [7, 11) is 1.38. The van der Waals surface area contributed by atoms with E-state index in [1.807, 2.05) is 25.1 Å². The molecule has 2 aromatic heterocycles. The van der Waals surface area contributed by atoms with Crippen LogP contribution in [0.15, 0.2) is 43.3 Å². The molecule has 0 atom stereocenters. The number of oxazole rings is 1. The molecule has 0 aliphatic rings. The van der Waals surface area contributed by atoms with E-state index in [0.717, 1.165) is 4.57 Å². The first-order valence-corrected chi connectivity index (χ1v) is 7.07. The Morgan fingerprint density at radius 2 is 2.17 bits per heavy atom. The lowest BCUT2D eigenvalue weighted by Crippen LogP contribution is -2.33. The molecule has 0 spiro atoms. The molecule has 2 N–H and O–H groups in total. The van der Waals surface area contributed by atoms with Gasteiger partial charge in [-0.1, -0.05) is 12.1 Å². The number of hydrogen-bond donors (Lipinski definition) is 2. The molecule has 3 rings (SSSR count). The Morgan fingerprint density at radius 1 is 1.39 bits per heavy atom. The summed E-state index contributed by atoms with van der Waals surface area (Å²) in [6.07, 6.45) is 1.36. The lowest BCUT2D eigenvalue weighted by molar-refractivity contribution is 0.593. The second-order valence-corrected chi connectivity index (χ2v) is 4.83. The van der Waals surface area contributed by atoms with Gasteiger partial charge in [0.2, 0.25) is 5.89 Å². The minimum Gasteiger partial charge on any atom is -0.435 e. The van der Waals surface area contributed by atoms with Crippen LogP contribution >= 0.6 is 0 Å². The molecule has 0 unspecified atom stereocenters. The molecule has 8 heteroatoms. The highest BCUT2D eigenvalue weighted by Crippen LogP contribution is 2.17. The number of nitrogens with zero attached hydrogens (tertiary/aromatic N) is 3. The lowest BCUT2D eigenvalue weighted by Gasteiger charge is -2.07. The van der Waals surface area contributed by atoms with Gasteiger partial charge in [0.05, 0.1) is 6.21 Å². The second kappa shape index (κ2) is 5.91. The molecule has 0 amide bonds. The van der Waals surface area contributed by atoms with Crippen LogP contribution in [0.3, 0.4) is 0 Å². The lowest BCUT2D eigenvalue weighted by atomic mass is 10.3. The second-order valence-electron chi connectivity index (χ2n) is 4.83. The predicted molar refractivity (Wildman–Crippen MR) is 87.7 cm³/mol. The van der Waals surface area contributed by atoms with Crippen molar-refractivity contribution in [3.8, 4) is 0 Å². The van der Waals surface area contributed by atoms with Gasteiger partial charge in [-0.05, 0) is 19.1 Å². The van der Waals surface area contributed by atoms with Gasteiger partial charge in [-0.2, -0.15) is 0 Å². The molecule has 3 aromatic rings. The molecule has 0 aliphatic carbocycles. The van der Waals surface area contributed by atoms with Crippen molar-refractivity contribution in [2.45, 2.75) is 6.92 Å². The molecule has 8 nitrogen and oxygen atoms in total. The third kappa shape index (κ3) is 2.78. The Morgan fingerprint density at radius 3 is 2.91 bits per heavy atom. The highest BCUT2D eigenvalue weighted by Gasteiger charge is 2.11. The fourth-order valence-electron chi connectivity index (χ4n) is 2.10. The SMILES string of the molecule is CCNc1[nH]c(=O)n(C)c(=O)c1N=Cc1nc2ccccc2o1. The summed E-state index contributed by atoms with van der Waals surface area (Å²) in [5.41, 5.74) is 0.422. The molecule has 1 aromatic carbocycles. The van der Waals surface area contributed by atoms with Gasteiger partial charge in [0.1, 0.15) is 11.3 Å². The van der Waals surface area contributed by atoms with Crippen LogP contribution in [0.5, 0.6) is 0 Å². The molecule has 2 heterocycles. The van der Waals surface area contributed by atoms with Crippen LogP contribution in [-0.4, -0.2) is 27.3 Å². The van der Waals surface area contributed by atoms with E-state index >= 15 is 0 Å². The number of nitrogens with one attached hydrogen (secondary N) is 2. The topological polar surface area (TPSA) is 105 Å². The third-order valence-electron chi connectivity index (χ3n) is 3.25. The molecule has 0 radical (unpaired) electrons. The quantitative estimate of drug-likeness (QED) is 0.708. The normalized spacial score (nSPS) is 11.4. The van der Waals surface area contributed by atoms with Crippen molar-refractivity contribution in [3.63, 3.8) is 0 Å². The summed E-state index contributed by atoms with van der Waals surface area (Å²) < 4.78 is 6.48.